The Hall–Kier alpha value is -0.870. The summed E-state index contributed by atoms with van der Waals surface area (Å²) in [6.07, 6.45) is 0. The summed E-state index contributed by atoms with van der Waals surface area (Å²) in [6.45, 7) is 3.92. The molecule has 0 aliphatic heterocycles. The molecule has 1 rings (SSSR count). The van der Waals surface area contributed by atoms with Crippen LogP contribution in [-0.4, -0.2) is 5.91 Å². The van der Waals surface area contributed by atoms with Crippen molar-refractivity contribution in [3.63, 3.8) is 0 Å². The number of carbonyl (C=O) groups excluding carboxylic acids is 1. The molecule has 1 aromatic rings. The van der Waals surface area contributed by atoms with Gasteiger partial charge in [-0.25, -0.2) is 0 Å². The fraction of sp³-hybridized carbons (Fsp3) is 0.375. The highest BCUT2D eigenvalue weighted by molar-refractivity contribution is 7.12. The molecule has 3 nitrogen and oxygen atoms in total. The largest absolute Gasteiger partial charge is 0.368 e. The third-order valence-corrected chi connectivity index (χ3v) is 2.70. The first kappa shape index (κ1) is 9.22. The van der Waals surface area contributed by atoms with Gasteiger partial charge in [-0.1, -0.05) is 0 Å². The third kappa shape index (κ3) is 1.65. The minimum Gasteiger partial charge on any atom is -0.368 e. The highest BCUT2D eigenvalue weighted by Gasteiger charge is 2.15. The molecule has 4 heteroatoms. The first-order valence-corrected chi connectivity index (χ1v) is 4.46. The van der Waals surface area contributed by atoms with E-state index in [1.807, 2.05) is 19.9 Å². The van der Waals surface area contributed by atoms with Crippen molar-refractivity contribution in [2.24, 2.45) is 11.5 Å². The highest BCUT2D eigenvalue weighted by Crippen LogP contribution is 2.24. The van der Waals surface area contributed by atoms with Gasteiger partial charge in [-0.3, -0.25) is 4.79 Å². The van der Waals surface area contributed by atoms with E-state index in [1.54, 1.807) is 11.3 Å². The predicted molar refractivity (Wildman–Crippen MR) is 49.9 cm³/mol. The third-order valence-electron chi connectivity index (χ3n) is 1.72. The number of thiophene rings is 1. The van der Waals surface area contributed by atoms with Gasteiger partial charge in [0, 0.05) is 9.75 Å². The molecule has 1 unspecified atom stereocenters. The number of aryl methyl sites for hydroxylation is 2. The maximum atomic E-state index is 10.8. The van der Waals surface area contributed by atoms with Crippen LogP contribution in [0.1, 0.15) is 21.4 Å². The zero-order valence-electron chi connectivity index (χ0n) is 7.13. The van der Waals surface area contributed by atoms with E-state index >= 15 is 0 Å². The van der Waals surface area contributed by atoms with Crippen molar-refractivity contribution in [2.75, 3.05) is 0 Å². The standard InChI is InChI=1S/C8H12N2OS/c1-4-3-6(5(2)12-4)7(9)8(10)11/h3,7H,9H2,1-2H3,(H2,10,11). The summed E-state index contributed by atoms with van der Waals surface area (Å²) in [7, 11) is 0. The van der Waals surface area contributed by atoms with Gasteiger partial charge < -0.3 is 11.5 Å². The van der Waals surface area contributed by atoms with Crippen LogP contribution in [0.5, 0.6) is 0 Å². The topological polar surface area (TPSA) is 69.1 Å². The number of carbonyl (C=O) groups is 1. The van der Waals surface area contributed by atoms with E-state index in [4.69, 9.17) is 11.5 Å². The Morgan fingerprint density at radius 1 is 1.58 bits per heavy atom. The minimum absolute atomic E-state index is 0.476. The van der Waals surface area contributed by atoms with Gasteiger partial charge in [0.1, 0.15) is 6.04 Å². The molecule has 66 valence electrons. The fourth-order valence-corrected chi connectivity index (χ4v) is 2.09. The van der Waals surface area contributed by atoms with Crippen molar-refractivity contribution in [2.45, 2.75) is 19.9 Å². The van der Waals surface area contributed by atoms with E-state index in [2.05, 4.69) is 0 Å². The van der Waals surface area contributed by atoms with E-state index in [0.29, 0.717) is 0 Å². The van der Waals surface area contributed by atoms with Crippen LogP contribution in [-0.2, 0) is 4.79 Å². The molecule has 0 radical (unpaired) electrons. The average Bonchev–Trinajstić information content (AvgIpc) is 2.28. The number of amides is 1. The SMILES string of the molecule is Cc1cc(C(N)C(N)=O)c(C)s1. The molecule has 12 heavy (non-hydrogen) atoms. The van der Waals surface area contributed by atoms with Crippen molar-refractivity contribution in [1.29, 1.82) is 0 Å². The molecular formula is C8H12N2OS. The number of hydrogen-bond acceptors (Lipinski definition) is 3. The fourth-order valence-electron chi connectivity index (χ4n) is 1.11. The Morgan fingerprint density at radius 3 is 2.50 bits per heavy atom. The summed E-state index contributed by atoms with van der Waals surface area (Å²) >= 11 is 1.63. The molecule has 0 fully saturated rings. The summed E-state index contributed by atoms with van der Waals surface area (Å²) in [5.74, 6) is -0.476. The molecule has 4 N–H and O–H groups in total. The average molecular weight is 184 g/mol. The molecule has 0 spiro atoms. The maximum absolute atomic E-state index is 10.8. The number of nitrogens with two attached hydrogens (primary N) is 2. The van der Waals surface area contributed by atoms with Crippen LogP contribution >= 0.6 is 11.3 Å². The van der Waals surface area contributed by atoms with E-state index in [1.165, 1.54) is 0 Å². The van der Waals surface area contributed by atoms with Crippen molar-refractivity contribution in [3.05, 3.63) is 21.4 Å². The summed E-state index contributed by atoms with van der Waals surface area (Å²) in [5, 5.41) is 0. The smallest absolute Gasteiger partial charge is 0.238 e. The van der Waals surface area contributed by atoms with Gasteiger partial charge in [0.2, 0.25) is 5.91 Å². The molecule has 1 amide bonds. The first-order valence-electron chi connectivity index (χ1n) is 3.64. The minimum atomic E-state index is -0.657. The Bertz CT molecular complexity index is 306. The number of primary amides is 1. The molecule has 1 atom stereocenters. The lowest BCUT2D eigenvalue weighted by molar-refractivity contribution is -0.119. The second-order valence-electron chi connectivity index (χ2n) is 2.75. The maximum Gasteiger partial charge on any atom is 0.238 e. The predicted octanol–water partition coefficient (Wildman–Crippen LogP) is 0.850. The van der Waals surface area contributed by atoms with Gasteiger partial charge in [-0.15, -0.1) is 11.3 Å². The van der Waals surface area contributed by atoms with E-state index in [-0.39, 0.29) is 0 Å². The van der Waals surface area contributed by atoms with Crippen molar-refractivity contribution in [3.8, 4) is 0 Å². The van der Waals surface area contributed by atoms with Gasteiger partial charge in [-0.2, -0.15) is 0 Å². The molecule has 1 heterocycles. The Labute approximate surface area is 75.4 Å². The highest BCUT2D eigenvalue weighted by atomic mass is 32.1. The second kappa shape index (κ2) is 3.25. The first-order chi connectivity index (χ1) is 5.52. The van der Waals surface area contributed by atoms with Gasteiger partial charge in [0.15, 0.2) is 0 Å². The number of rotatable bonds is 2. The molecule has 0 saturated heterocycles. The second-order valence-corrected chi connectivity index (χ2v) is 4.21. The quantitative estimate of drug-likeness (QED) is 0.715. The van der Waals surface area contributed by atoms with Crippen molar-refractivity contribution < 1.29 is 4.79 Å². The lowest BCUT2D eigenvalue weighted by Gasteiger charge is -2.05. The van der Waals surface area contributed by atoms with Crippen LogP contribution in [0.3, 0.4) is 0 Å². The zero-order chi connectivity index (χ0) is 9.30. The van der Waals surface area contributed by atoms with E-state index in [9.17, 15) is 4.79 Å². The Morgan fingerprint density at radius 2 is 2.17 bits per heavy atom. The summed E-state index contributed by atoms with van der Waals surface area (Å²) in [6, 6.07) is 1.25. The monoisotopic (exact) mass is 184 g/mol. The van der Waals surface area contributed by atoms with Crippen LogP contribution in [0.25, 0.3) is 0 Å². The van der Waals surface area contributed by atoms with Crippen LogP contribution in [0, 0.1) is 13.8 Å². The lowest BCUT2D eigenvalue weighted by atomic mass is 10.1. The van der Waals surface area contributed by atoms with Gasteiger partial charge in [-0.05, 0) is 25.5 Å². The molecular weight excluding hydrogens is 172 g/mol. The van der Waals surface area contributed by atoms with E-state index < -0.39 is 11.9 Å². The molecule has 0 bridgehead atoms. The molecule has 0 saturated carbocycles. The number of hydrogen-bond donors (Lipinski definition) is 2. The Balaban J connectivity index is 3.02. The van der Waals surface area contributed by atoms with Crippen LogP contribution in [0.15, 0.2) is 6.07 Å². The van der Waals surface area contributed by atoms with Gasteiger partial charge in [0.25, 0.3) is 0 Å². The lowest BCUT2D eigenvalue weighted by Crippen LogP contribution is -2.28. The van der Waals surface area contributed by atoms with Crippen molar-refractivity contribution in [1.82, 2.24) is 0 Å². The molecule has 0 aromatic carbocycles. The van der Waals surface area contributed by atoms with E-state index in [0.717, 1.165) is 15.3 Å². The van der Waals surface area contributed by atoms with Crippen molar-refractivity contribution >= 4 is 17.2 Å². The van der Waals surface area contributed by atoms with Crippen LogP contribution in [0.4, 0.5) is 0 Å². The van der Waals surface area contributed by atoms with Crippen LogP contribution < -0.4 is 11.5 Å². The van der Waals surface area contributed by atoms with Gasteiger partial charge >= 0.3 is 0 Å². The Kier molecular flexibility index (Phi) is 2.49. The van der Waals surface area contributed by atoms with Gasteiger partial charge in [0.05, 0.1) is 0 Å². The molecule has 0 aliphatic rings. The zero-order valence-corrected chi connectivity index (χ0v) is 7.94. The molecule has 1 aromatic heterocycles. The normalized spacial score (nSPS) is 12.9. The summed E-state index contributed by atoms with van der Waals surface area (Å²) in [5.41, 5.74) is 11.5. The van der Waals surface area contributed by atoms with Crippen LogP contribution in [0.2, 0.25) is 0 Å². The summed E-state index contributed by atoms with van der Waals surface area (Å²) < 4.78 is 0. The summed E-state index contributed by atoms with van der Waals surface area (Å²) in [4.78, 5) is 13.0. The molecule has 0 aliphatic carbocycles.